The summed E-state index contributed by atoms with van der Waals surface area (Å²) in [5, 5.41) is 2.10. The average Bonchev–Trinajstić information content (AvgIpc) is 2.14. The van der Waals surface area contributed by atoms with Gasteiger partial charge in [-0.1, -0.05) is 61.6 Å². The van der Waals surface area contributed by atoms with Gasteiger partial charge >= 0.3 is 0 Å². The molecule has 1 nitrogen and oxygen atoms in total. The molecule has 0 saturated carbocycles. The Morgan fingerprint density at radius 1 is 0.824 bits per heavy atom. The van der Waals surface area contributed by atoms with Gasteiger partial charge in [0.05, 0.1) is 7.11 Å². The van der Waals surface area contributed by atoms with Crippen LogP contribution in [0.2, 0.25) is 0 Å². The Bertz CT molecular complexity index is 340. The molecule has 1 aromatic carbocycles. The van der Waals surface area contributed by atoms with Crippen LogP contribution in [0.25, 0.3) is 0 Å². The Balaban J connectivity index is 3.14. The van der Waals surface area contributed by atoms with Crippen LogP contribution in [0, 0.1) is 0 Å². The third-order valence-electron chi connectivity index (χ3n) is 2.67. The van der Waals surface area contributed by atoms with Gasteiger partial charge in [-0.05, 0) is 27.7 Å². The van der Waals surface area contributed by atoms with E-state index in [1.54, 1.807) is 7.11 Å². The van der Waals surface area contributed by atoms with Crippen LogP contribution in [0.3, 0.4) is 0 Å². The standard InChI is InChI=1S/C15H25OP/c1-14(2,3)17(15(4,5)6)13-10-8-12(16-7)9-11-13/h8-11H,1-7H3. The monoisotopic (exact) mass is 252 g/mol. The highest BCUT2D eigenvalue weighted by atomic mass is 31.1. The Kier molecular flexibility index (Phi) is 4.25. The maximum atomic E-state index is 5.23. The van der Waals surface area contributed by atoms with E-state index in [0.29, 0.717) is 10.3 Å². The molecule has 0 spiro atoms. The van der Waals surface area contributed by atoms with Crippen LogP contribution < -0.4 is 10.0 Å². The van der Waals surface area contributed by atoms with Gasteiger partial charge in [-0.15, -0.1) is 0 Å². The summed E-state index contributed by atoms with van der Waals surface area (Å²) in [6.45, 7) is 14.0. The number of rotatable bonds is 2. The van der Waals surface area contributed by atoms with Crippen molar-refractivity contribution in [3.8, 4) is 5.75 Å². The van der Waals surface area contributed by atoms with E-state index in [4.69, 9.17) is 4.74 Å². The van der Waals surface area contributed by atoms with Crippen molar-refractivity contribution < 1.29 is 4.74 Å². The maximum absolute atomic E-state index is 5.23. The largest absolute Gasteiger partial charge is 0.497 e. The van der Waals surface area contributed by atoms with E-state index in [1.165, 1.54) is 5.30 Å². The van der Waals surface area contributed by atoms with Crippen LogP contribution in [0.5, 0.6) is 5.75 Å². The molecule has 0 bridgehead atoms. The van der Waals surface area contributed by atoms with Crippen LogP contribution >= 0.6 is 7.92 Å². The third-order valence-corrected chi connectivity index (χ3v) is 6.17. The van der Waals surface area contributed by atoms with E-state index in [2.05, 4.69) is 65.8 Å². The van der Waals surface area contributed by atoms with Gasteiger partial charge in [-0.25, -0.2) is 0 Å². The van der Waals surface area contributed by atoms with Gasteiger partial charge in [0.15, 0.2) is 0 Å². The van der Waals surface area contributed by atoms with Gasteiger partial charge in [-0.2, -0.15) is 0 Å². The molecule has 0 aromatic heterocycles. The fraction of sp³-hybridized carbons (Fsp3) is 0.600. The molecular formula is C15H25OP. The van der Waals surface area contributed by atoms with Crippen molar-refractivity contribution in [2.75, 3.05) is 7.11 Å². The lowest BCUT2D eigenvalue weighted by Gasteiger charge is -2.41. The summed E-state index contributed by atoms with van der Waals surface area (Å²) in [7, 11) is 1.50. The highest BCUT2D eigenvalue weighted by Gasteiger charge is 2.35. The minimum Gasteiger partial charge on any atom is -0.497 e. The zero-order valence-corrected chi connectivity index (χ0v) is 13.1. The van der Waals surface area contributed by atoms with Crippen LogP contribution in [0.4, 0.5) is 0 Å². The molecule has 0 heterocycles. The number of hydrogen-bond donors (Lipinski definition) is 0. The number of methoxy groups -OCH3 is 1. The SMILES string of the molecule is COc1ccc(P(C(C)(C)C)C(C)(C)C)cc1. The van der Waals surface area contributed by atoms with E-state index in [-0.39, 0.29) is 7.92 Å². The minimum atomic E-state index is -0.211. The first-order valence-corrected chi connectivity index (χ1v) is 7.45. The molecule has 0 radical (unpaired) electrons. The predicted octanol–water partition coefficient (Wildman–Crippen LogP) is 4.40. The van der Waals surface area contributed by atoms with Crippen molar-refractivity contribution in [2.24, 2.45) is 0 Å². The fourth-order valence-electron chi connectivity index (χ4n) is 2.51. The van der Waals surface area contributed by atoms with Crippen molar-refractivity contribution in [3.63, 3.8) is 0 Å². The van der Waals surface area contributed by atoms with Crippen LogP contribution in [-0.4, -0.2) is 17.4 Å². The minimum absolute atomic E-state index is 0.211. The number of ether oxygens (including phenoxy) is 1. The average molecular weight is 252 g/mol. The van der Waals surface area contributed by atoms with Crippen molar-refractivity contribution in [1.82, 2.24) is 0 Å². The summed E-state index contributed by atoms with van der Waals surface area (Å²) in [6.07, 6.45) is 0. The van der Waals surface area contributed by atoms with Gasteiger partial charge < -0.3 is 4.74 Å². The molecule has 0 amide bonds. The topological polar surface area (TPSA) is 9.23 Å². The van der Waals surface area contributed by atoms with Crippen LogP contribution in [-0.2, 0) is 0 Å². The summed E-state index contributed by atoms with van der Waals surface area (Å²) in [4.78, 5) is 0. The number of benzene rings is 1. The quantitative estimate of drug-likeness (QED) is 0.709. The smallest absolute Gasteiger partial charge is 0.118 e. The van der Waals surface area contributed by atoms with Gasteiger partial charge in [0.1, 0.15) is 5.75 Å². The molecule has 0 aliphatic heterocycles. The molecule has 0 fully saturated rings. The first-order chi connectivity index (χ1) is 7.66. The Hall–Kier alpha value is -0.550. The van der Waals surface area contributed by atoms with Crippen LogP contribution in [0.15, 0.2) is 24.3 Å². The lowest BCUT2D eigenvalue weighted by atomic mass is 10.2. The molecule has 0 unspecified atom stereocenters. The first kappa shape index (κ1) is 14.5. The van der Waals surface area contributed by atoms with E-state index in [1.807, 2.05) is 0 Å². The van der Waals surface area contributed by atoms with E-state index >= 15 is 0 Å². The fourth-order valence-corrected chi connectivity index (χ4v) is 6.52. The molecule has 1 aromatic rings. The summed E-state index contributed by atoms with van der Waals surface area (Å²) in [6, 6.07) is 8.59. The zero-order valence-electron chi connectivity index (χ0n) is 12.2. The van der Waals surface area contributed by atoms with Crippen molar-refractivity contribution in [2.45, 2.75) is 51.9 Å². The third kappa shape index (κ3) is 3.71. The maximum Gasteiger partial charge on any atom is 0.118 e. The van der Waals surface area contributed by atoms with Gasteiger partial charge in [0.2, 0.25) is 0 Å². The van der Waals surface area contributed by atoms with Crippen molar-refractivity contribution >= 4 is 13.2 Å². The highest BCUT2D eigenvalue weighted by molar-refractivity contribution is 7.68. The normalized spacial score (nSPS) is 12.9. The highest BCUT2D eigenvalue weighted by Crippen LogP contribution is 2.58. The Labute approximate surface area is 107 Å². The molecule has 0 N–H and O–H groups in total. The van der Waals surface area contributed by atoms with Crippen molar-refractivity contribution in [1.29, 1.82) is 0 Å². The van der Waals surface area contributed by atoms with Gasteiger partial charge in [0, 0.05) is 0 Å². The number of hydrogen-bond acceptors (Lipinski definition) is 1. The van der Waals surface area contributed by atoms with Crippen LogP contribution in [0.1, 0.15) is 41.5 Å². The molecule has 2 heteroatoms. The summed E-state index contributed by atoms with van der Waals surface area (Å²) < 4.78 is 5.23. The van der Waals surface area contributed by atoms with Gasteiger partial charge in [-0.3, -0.25) is 0 Å². The summed E-state index contributed by atoms with van der Waals surface area (Å²) in [5.74, 6) is 0.937. The molecule has 0 atom stereocenters. The lowest BCUT2D eigenvalue weighted by Crippen LogP contribution is -2.30. The second kappa shape index (κ2) is 4.98. The lowest BCUT2D eigenvalue weighted by molar-refractivity contribution is 0.415. The molecule has 0 saturated heterocycles. The first-order valence-electron chi connectivity index (χ1n) is 6.10. The van der Waals surface area contributed by atoms with Crippen molar-refractivity contribution in [3.05, 3.63) is 24.3 Å². The van der Waals surface area contributed by atoms with E-state index < -0.39 is 0 Å². The molecule has 0 aliphatic carbocycles. The zero-order chi connectivity index (χ0) is 13.3. The molecule has 0 aliphatic rings. The predicted molar refractivity (Wildman–Crippen MR) is 79.1 cm³/mol. The Morgan fingerprint density at radius 2 is 1.24 bits per heavy atom. The molecule has 17 heavy (non-hydrogen) atoms. The Morgan fingerprint density at radius 3 is 1.53 bits per heavy atom. The summed E-state index contributed by atoms with van der Waals surface area (Å²) in [5.41, 5.74) is 0. The van der Waals surface area contributed by atoms with E-state index in [9.17, 15) is 0 Å². The molecular weight excluding hydrogens is 227 g/mol. The summed E-state index contributed by atoms with van der Waals surface area (Å²) >= 11 is 0. The molecule has 96 valence electrons. The van der Waals surface area contributed by atoms with E-state index in [0.717, 1.165) is 5.75 Å². The molecule has 1 rings (SSSR count). The second-order valence-corrected chi connectivity index (χ2v) is 10.2. The van der Waals surface area contributed by atoms with Gasteiger partial charge in [0.25, 0.3) is 0 Å². The second-order valence-electron chi connectivity index (χ2n) is 6.38.